The molecule has 0 saturated carbocycles. The van der Waals surface area contributed by atoms with E-state index in [1.165, 1.54) is 10.8 Å². The second-order valence-corrected chi connectivity index (χ2v) is 2.98. The molecule has 0 aliphatic rings. The molecule has 0 spiro atoms. The standard InChI is InChI=1S/C8H7ClN4O/c9-3-7(14)5-1-2-6-8(10)11-4-12-13(5)6/h1-2,4H,3H2,(H2,10,11,12). The average Bonchev–Trinajstić information content (AvgIpc) is 2.62. The summed E-state index contributed by atoms with van der Waals surface area (Å²) in [5.41, 5.74) is 6.63. The summed E-state index contributed by atoms with van der Waals surface area (Å²) in [5.74, 6) is 0.0779. The van der Waals surface area contributed by atoms with Crippen LogP contribution >= 0.6 is 11.6 Å². The number of nitrogens with zero attached hydrogens (tertiary/aromatic N) is 3. The molecule has 0 fully saturated rings. The van der Waals surface area contributed by atoms with Crippen molar-refractivity contribution in [2.24, 2.45) is 0 Å². The molecule has 2 heterocycles. The largest absolute Gasteiger partial charge is 0.382 e. The molecule has 2 aromatic heterocycles. The molecule has 0 saturated heterocycles. The first-order valence-electron chi connectivity index (χ1n) is 3.91. The molecular weight excluding hydrogens is 204 g/mol. The minimum atomic E-state index is -0.190. The van der Waals surface area contributed by atoms with E-state index in [0.717, 1.165) is 0 Å². The Kier molecular flexibility index (Phi) is 2.09. The van der Waals surface area contributed by atoms with Gasteiger partial charge in [0, 0.05) is 0 Å². The molecule has 0 aromatic carbocycles. The van der Waals surface area contributed by atoms with Crippen LogP contribution < -0.4 is 5.73 Å². The van der Waals surface area contributed by atoms with E-state index in [0.29, 0.717) is 17.0 Å². The summed E-state index contributed by atoms with van der Waals surface area (Å²) in [7, 11) is 0. The minimum absolute atomic E-state index is 0.0734. The number of alkyl halides is 1. The van der Waals surface area contributed by atoms with Crippen molar-refractivity contribution in [1.29, 1.82) is 0 Å². The third-order valence-corrected chi connectivity index (χ3v) is 2.13. The zero-order valence-electron chi connectivity index (χ0n) is 7.14. The van der Waals surface area contributed by atoms with Crippen LogP contribution in [0.1, 0.15) is 10.5 Å². The highest BCUT2D eigenvalue weighted by molar-refractivity contribution is 6.30. The van der Waals surface area contributed by atoms with Crippen molar-refractivity contribution in [2.75, 3.05) is 11.6 Å². The van der Waals surface area contributed by atoms with Gasteiger partial charge in [0.05, 0.1) is 5.88 Å². The van der Waals surface area contributed by atoms with E-state index in [9.17, 15) is 4.79 Å². The Hall–Kier alpha value is -1.62. The molecule has 0 radical (unpaired) electrons. The normalized spacial score (nSPS) is 10.6. The van der Waals surface area contributed by atoms with Crippen molar-refractivity contribution < 1.29 is 4.79 Å². The molecule has 0 unspecified atom stereocenters. The summed E-state index contributed by atoms with van der Waals surface area (Å²) >= 11 is 5.45. The van der Waals surface area contributed by atoms with Gasteiger partial charge in [-0.2, -0.15) is 5.10 Å². The van der Waals surface area contributed by atoms with Gasteiger partial charge in [-0.1, -0.05) is 0 Å². The third-order valence-electron chi connectivity index (χ3n) is 1.89. The Morgan fingerprint density at radius 1 is 1.57 bits per heavy atom. The number of rotatable bonds is 2. The predicted molar refractivity (Wildman–Crippen MR) is 52.4 cm³/mol. The lowest BCUT2D eigenvalue weighted by molar-refractivity contribution is 0.101. The number of hydrogen-bond donors (Lipinski definition) is 1. The van der Waals surface area contributed by atoms with Crippen LogP contribution in [-0.4, -0.2) is 26.3 Å². The van der Waals surface area contributed by atoms with Crippen LogP contribution in [0.15, 0.2) is 18.5 Å². The van der Waals surface area contributed by atoms with Crippen LogP contribution in [0.5, 0.6) is 0 Å². The van der Waals surface area contributed by atoms with Gasteiger partial charge in [-0.05, 0) is 12.1 Å². The van der Waals surface area contributed by atoms with Gasteiger partial charge in [0.1, 0.15) is 17.5 Å². The fourth-order valence-electron chi connectivity index (χ4n) is 1.23. The summed E-state index contributed by atoms with van der Waals surface area (Å²) in [6, 6.07) is 3.32. The molecule has 6 heteroatoms. The Labute approximate surface area is 84.5 Å². The number of carbonyl (C=O) groups excluding carboxylic acids is 1. The smallest absolute Gasteiger partial charge is 0.195 e. The number of carbonyl (C=O) groups is 1. The van der Waals surface area contributed by atoms with E-state index in [2.05, 4.69) is 10.1 Å². The van der Waals surface area contributed by atoms with Crippen LogP contribution in [0.2, 0.25) is 0 Å². The van der Waals surface area contributed by atoms with Gasteiger partial charge in [0.15, 0.2) is 11.6 Å². The Balaban J connectivity index is 2.70. The van der Waals surface area contributed by atoms with Crippen molar-refractivity contribution >= 4 is 28.7 Å². The van der Waals surface area contributed by atoms with Crippen LogP contribution in [0, 0.1) is 0 Å². The summed E-state index contributed by atoms with van der Waals surface area (Å²) in [6.45, 7) is 0. The highest BCUT2D eigenvalue weighted by atomic mass is 35.5. The minimum Gasteiger partial charge on any atom is -0.382 e. The number of aromatic nitrogens is 3. The molecule has 2 rings (SSSR count). The lowest BCUT2D eigenvalue weighted by atomic mass is 10.3. The lowest BCUT2D eigenvalue weighted by Gasteiger charge is -1.99. The predicted octanol–water partition coefficient (Wildman–Crippen LogP) is 0.733. The first-order valence-corrected chi connectivity index (χ1v) is 4.45. The summed E-state index contributed by atoms with van der Waals surface area (Å²) < 4.78 is 1.44. The molecular formula is C8H7ClN4O. The van der Waals surface area contributed by atoms with Gasteiger partial charge in [0.25, 0.3) is 0 Å². The SMILES string of the molecule is Nc1ncnn2c(C(=O)CCl)ccc12. The first kappa shape index (κ1) is 8.96. The topological polar surface area (TPSA) is 73.3 Å². The maximum absolute atomic E-state index is 11.3. The van der Waals surface area contributed by atoms with E-state index in [-0.39, 0.29) is 11.7 Å². The fraction of sp³-hybridized carbons (Fsp3) is 0.125. The molecule has 0 amide bonds. The molecule has 0 aliphatic heterocycles. The molecule has 0 bridgehead atoms. The van der Waals surface area contributed by atoms with Crippen LogP contribution in [0.4, 0.5) is 5.82 Å². The van der Waals surface area contributed by atoms with Crippen LogP contribution in [0.25, 0.3) is 5.52 Å². The van der Waals surface area contributed by atoms with Crippen molar-refractivity contribution in [2.45, 2.75) is 0 Å². The number of nitrogens with two attached hydrogens (primary N) is 1. The molecule has 14 heavy (non-hydrogen) atoms. The average molecular weight is 211 g/mol. The van der Waals surface area contributed by atoms with Gasteiger partial charge >= 0.3 is 0 Å². The first-order chi connectivity index (χ1) is 6.74. The van der Waals surface area contributed by atoms with Crippen LogP contribution in [0.3, 0.4) is 0 Å². The monoisotopic (exact) mass is 210 g/mol. The van der Waals surface area contributed by atoms with E-state index in [1.807, 2.05) is 0 Å². The molecule has 0 atom stereocenters. The molecule has 0 aliphatic carbocycles. The number of ketones is 1. The molecule has 2 N–H and O–H groups in total. The number of fused-ring (bicyclic) bond motifs is 1. The lowest BCUT2D eigenvalue weighted by Crippen LogP contribution is -2.08. The molecule has 5 nitrogen and oxygen atoms in total. The molecule has 2 aromatic rings. The highest BCUT2D eigenvalue weighted by Crippen LogP contribution is 2.13. The number of Topliss-reactive ketones (excluding diaryl/α,β-unsaturated/α-hetero) is 1. The van der Waals surface area contributed by atoms with Crippen molar-refractivity contribution in [3.63, 3.8) is 0 Å². The molecule has 72 valence electrons. The maximum atomic E-state index is 11.3. The van der Waals surface area contributed by atoms with Crippen LogP contribution in [-0.2, 0) is 0 Å². The quantitative estimate of drug-likeness (QED) is 0.586. The second kappa shape index (κ2) is 3.26. The Bertz CT molecular complexity index is 493. The summed E-state index contributed by atoms with van der Waals surface area (Å²) in [4.78, 5) is 15.2. The van der Waals surface area contributed by atoms with E-state index < -0.39 is 0 Å². The van der Waals surface area contributed by atoms with Crippen molar-refractivity contribution in [3.8, 4) is 0 Å². The zero-order chi connectivity index (χ0) is 10.1. The number of halogens is 1. The number of anilines is 1. The van der Waals surface area contributed by atoms with E-state index >= 15 is 0 Å². The van der Waals surface area contributed by atoms with Gasteiger partial charge in [-0.25, -0.2) is 9.50 Å². The van der Waals surface area contributed by atoms with Gasteiger partial charge < -0.3 is 5.73 Å². The summed E-state index contributed by atoms with van der Waals surface area (Å²) in [6.07, 6.45) is 1.30. The third kappa shape index (κ3) is 1.22. The second-order valence-electron chi connectivity index (χ2n) is 2.72. The van der Waals surface area contributed by atoms with Gasteiger partial charge in [0.2, 0.25) is 0 Å². The van der Waals surface area contributed by atoms with Crippen molar-refractivity contribution in [3.05, 3.63) is 24.2 Å². The number of nitrogen functional groups attached to an aromatic ring is 1. The van der Waals surface area contributed by atoms with Crippen molar-refractivity contribution in [1.82, 2.24) is 14.6 Å². The van der Waals surface area contributed by atoms with E-state index in [1.54, 1.807) is 12.1 Å². The summed E-state index contributed by atoms with van der Waals surface area (Å²) in [5, 5.41) is 3.92. The van der Waals surface area contributed by atoms with Gasteiger partial charge in [-0.15, -0.1) is 11.6 Å². The maximum Gasteiger partial charge on any atom is 0.195 e. The zero-order valence-corrected chi connectivity index (χ0v) is 7.90. The van der Waals surface area contributed by atoms with E-state index in [4.69, 9.17) is 17.3 Å². The van der Waals surface area contributed by atoms with Gasteiger partial charge in [-0.3, -0.25) is 4.79 Å². The Morgan fingerprint density at radius 3 is 3.07 bits per heavy atom. The number of hydrogen-bond acceptors (Lipinski definition) is 4. The fourth-order valence-corrected chi connectivity index (χ4v) is 1.37. The Morgan fingerprint density at radius 2 is 2.36 bits per heavy atom. The highest BCUT2D eigenvalue weighted by Gasteiger charge is 2.11.